The van der Waals surface area contributed by atoms with Gasteiger partial charge in [-0.2, -0.15) is 5.26 Å². The lowest BCUT2D eigenvalue weighted by Crippen LogP contribution is -2.09. The third kappa shape index (κ3) is 3.36. The molecule has 0 aliphatic rings. The smallest absolute Gasteiger partial charge is 0.203 e. The number of hydrogen-bond acceptors (Lipinski definition) is 6. The zero-order chi connectivity index (χ0) is 17.7. The molecule has 0 fully saturated rings. The van der Waals surface area contributed by atoms with Gasteiger partial charge < -0.3 is 14.6 Å². The highest BCUT2D eigenvalue weighted by molar-refractivity contribution is 6.14. The summed E-state index contributed by atoms with van der Waals surface area (Å²) in [4.78, 5) is 24.5. The van der Waals surface area contributed by atoms with E-state index in [9.17, 15) is 14.7 Å². The van der Waals surface area contributed by atoms with Crippen LogP contribution in [0.4, 0.5) is 0 Å². The van der Waals surface area contributed by atoms with Gasteiger partial charge in [-0.1, -0.05) is 12.1 Å². The lowest BCUT2D eigenvalue weighted by atomic mass is 10.00. The summed E-state index contributed by atoms with van der Waals surface area (Å²) >= 11 is 0. The van der Waals surface area contributed by atoms with Crippen LogP contribution in [0.1, 0.15) is 32.7 Å². The maximum Gasteiger partial charge on any atom is 0.203 e. The van der Waals surface area contributed by atoms with E-state index in [4.69, 9.17) is 14.7 Å². The van der Waals surface area contributed by atoms with Crippen molar-refractivity contribution < 1.29 is 24.2 Å². The summed E-state index contributed by atoms with van der Waals surface area (Å²) in [5, 5.41) is 18.9. The summed E-state index contributed by atoms with van der Waals surface area (Å²) in [5.74, 6) is -0.991. The van der Waals surface area contributed by atoms with Gasteiger partial charge in [0, 0.05) is 5.56 Å². The van der Waals surface area contributed by atoms with Crippen molar-refractivity contribution in [3.05, 3.63) is 53.1 Å². The summed E-state index contributed by atoms with van der Waals surface area (Å²) in [7, 11) is 2.75. The summed E-state index contributed by atoms with van der Waals surface area (Å²) in [6, 6.07) is 10.8. The topological polar surface area (TPSA) is 96.6 Å². The number of carbonyl (C=O) groups is 2. The third-order valence-corrected chi connectivity index (χ3v) is 3.48. The minimum absolute atomic E-state index is 0.0188. The number of carbonyl (C=O) groups excluding carboxylic acids is 2. The molecule has 0 aromatic heterocycles. The van der Waals surface area contributed by atoms with Gasteiger partial charge in [-0.05, 0) is 24.3 Å². The number of methoxy groups -OCH3 is 2. The van der Waals surface area contributed by atoms with Crippen molar-refractivity contribution in [1.29, 1.82) is 5.26 Å². The number of ether oxygens (including phenoxy) is 2. The van der Waals surface area contributed by atoms with E-state index in [1.165, 1.54) is 50.6 Å². The molecule has 0 amide bonds. The van der Waals surface area contributed by atoms with E-state index in [1.807, 2.05) is 6.07 Å². The number of ketones is 2. The van der Waals surface area contributed by atoms with Gasteiger partial charge in [0.1, 0.15) is 0 Å². The quantitative estimate of drug-likeness (QED) is 0.648. The summed E-state index contributed by atoms with van der Waals surface area (Å²) < 4.78 is 10.1. The number of phenolic OH excluding ortho intramolecular Hbond substituents is 1. The van der Waals surface area contributed by atoms with Crippen molar-refractivity contribution in [3.8, 4) is 23.3 Å². The summed E-state index contributed by atoms with van der Waals surface area (Å²) in [6.07, 6.45) is -0.408. The molecule has 1 N–H and O–H groups in total. The number of nitriles is 1. The molecule has 0 heterocycles. The van der Waals surface area contributed by atoms with E-state index in [1.54, 1.807) is 0 Å². The van der Waals surface area contributed by atoms with Crippen molar-refractivity contribution in [2.75, 3.05) is 14.2 Å². The Kier molecular flexibility index (Phi) is 5.17. The van der Waals surface area contributed by atoms with Gasteiger partial charge in [-0.15, -0.1) is 0 Å². The van der Waals surface area contributed by atoms with Crippen molar-refractivity contribution in [2.24, 2.45) is 0 Å². The molecule has 0 saturated heterocycles. The molecule has 0 aliphatic heterocycles. The maximum absolute atomic E-state index is 12.3. The maximum atomic E-state index is 12.3. The van der Waals surface area contributed by atoms with Gasteiger partial charge in [0.25, 0.3) is 0 Å². The Labute approximate surface area is 138 Å². The molecular weight excluding hydrogens is 310 g/mol. The van der Waals surface area contributed by atoms with Gasteiger partial charge >= 0.3 is 0 Å². The molecular formula is C18H15NO5. The molecule has 2 aromatic carbocycles. The SMILES string of the molecule is COc1ccc(C(=O)CC(=O)c2ccc(C#N)cc2)c(O)c1OC. The van der Waals surface area contributed by atoms with Crippen molar-refractivity contribution >= 4 is 11.6 Å². The Morgan fingerprint density at radius 1 is 1.04 bits per heavy atom. The highest BCUT2D eigenvalue weighted by Gasteiger charge is 2.21. The number of Topliss-reactive ketones (excluding diaryl/α,β-unsaturated/α-hetero) is 2. The molecule has 6 nitrogen and oxygen atoms in total. The van der Waals surface area contributed by atoms with E-state index in [-0.39, 0.29) is 22.8 Å². The normalized spacial score (nSPS) is 9.88. The molecule has 6 heteroatoms. The predicted octanol–water partition coefficient (Wildman–Crippen LogP) is 2.74. The molecule has 2 rings (SSSR count). The standard InChI is InChI=1S/C18H15NO5/c1-23-16-8-7-13(17(22)18(16)24-2)15(21)9-14(20)12-5-3-11(10-19)4-6-12/h3-8,22H,9H2,1-2H3. The monoisotopic (exact) mass is 325 g/mol. The van der Waals surface area contributed by atoms with Gasteiger partial charge in [0.2, 0.25) is 5.75 Å². The molecule has 2 aromatic rings. The second kappa shape index (κ2) is 7.29. The van der Waals surface area contributed by atoms with Gasteiger partial charge in [-0.25, -0.2) is 0 Å². The van der Waals surface area contributed by atoms with E-state index in [0.717, 1.165) is 0 Å². The molecule has 0 atom stereocenters. The minimum Gasteiger partial charge on any atom is -0.504 e. The highest BCUT2D eigenvalue weighted by atomic mass is 16.5. The predicted molar refractivity (Wildman–Crippen MR) is 85.6 cm³/mol. The molecule has 24 heavy (non-hydrogen) atoms. The van der Waals surface area contributed by atoms with Crippen molar-refractivity contribution in [3.63, 3.8) is 0 Å². The Bertz CT molecular complexity index is 819. The minimum atomic E-state index is -0.539. The number of nitrogens with zero attached hydrogens (tertiary/aromatic N) is 1. The average Bonchev–Trinajstić information content (AvgIpc) is 2.61. The van der Waals surface area contributed by atoms with Crippen LogP contribution < -0.4 is 9.47 Å². The Balaban J connectivity index is 2.23. The Hall–Kier alpha value is -3.33. The number of aromatic hydroxyl groups is 1. The molecule has 0 radical (unpaired) electrons. The second-order valence-electron chi connectivity index (χ2n) is 4.91. The lowest BCUT2D eigenvalue weighted by Gasteiger charge is -2.12. The zero-order valence-electron chi connectivity index (χ0n) is 13.2. The van der Waals surface area contributed by atoms with E-state index in [2.05, 4.69) is 0 Å². The van der Waals surface area contributed by atoms with Crippen LogP contribution in [0, 0.1) is 11.3 Å². The van der Waals surface area contributed by atoms with E-state index < -0.39 is 18.0 Å². The third-order valence-electron chi connectivity index (χ3n) is 3.48. The number of rotatable bonds is 6. The lowest BCUT2D eigenvalue weighted by molar-refractivity contribution is 0.0892. The first-order valence-corrected chi connectivity index (χ1v) is 7.02. The number of benzene rings is 2. The van der Waals surface area contributed by atoms with Crippen molar-refractivity contribution in [1.82, 2.24) is 0 Å². The first-order chi connectivity index (χ1) is 11.5. The molecule has 122 valence electrons. The number of phenols is 1. The molecule has 0 aliphatic carbocycles. The first-order valence-electron chi connectivity index (χ1n) is 7.02. The van der Waals surface area contributed by atoms with Crippen LogP contribution in [0.15, 0.2) is 36.4 Å². The van der Waals surface area contributed by atoms with Crippen LogP contribution in [0.25, 0.3) is 0 Å². The first kappa shape index (κ1) is 17.0. The summed E-state index contributed by atoms with van der Waals surface area (Å²) in [6.45, 7) is 0. The van der Waals surface area contributed by atoms with Crippen molar-refractivity contribution in [2.45, 2.75) is 6.42 Å². The van der Waals surface area contributed by atoms with E-state index >= 15 is 0 Å². The molecule has 0 spiro atoms. The van der Waals surface area contributed by atoms with Crippen LogP contribution in [0.2, 0.25) is 0 Å². The van der Waals surface area contributed by atoms with Crippen LogP contribution in [0.3, 0.4) is 0 Å². The largest absolute Gasteiger partial charge is 0.504 e. The van der Waals surface area contributed by atoms with Crippen LogP contribution in [-0.2, 0) is 0 Å². The molecule has 0 bridgehead atoms. The van der Waals surface area contributed by atoms with Gasteiger partial charge in [0.15, 0.2) is 23.1 Å². The molecule has 0 saturated carbocycles. The highest BCUT2D eigenvalue weighted by Crippen LogP contribution is 2.39. The second-order valence-corrected chi connectivity index (χ2v) is 4.91. The molecule has 0 unspecified atom stereocenters. The summed E-state index contributed by atoms with van der Waals surface area (Å²) in [5.41, 5.74) is 0.729. The fourth-order valence-corrected chi connectivity index (χ4v) is 2.21. The zero-order valence-corrected chi connectivity index (χ0v) is 13.2. The van der Waals surface area contributed by atoms with Crippen LogP contribution in [0.5, 0.6) is 17.2 Å². The fourth-order valence-electron chi connectivity index (χ4n) is 2.21. The van der Waals surface area contributed by atoms with Crippen LogP contribution >= 0.6 is 0 Å². The Morgan fingerprint density at radius 3 is 2.25 bits per heavy atom. The Morgan fingerprint density at radius 2 is 1.71 bits per heavy atom. The van der Waals surface area contributed by atoms with E-state index in [0.29, 0.717) is 11.1 Å². The van der Waals surface area contributed by atoms with Gasteiger partial charge in [-0.3, -0.25) is 9.59 Å². The van der Waals surface area contributed by atoms with Crippen LogP contribution in [-0.4, -0.2) is 30.9 Å². The number of hydrogen-bond donors (Lipinski definition) is 1. The average molecular weight is 325 g/mol. The fraction of sp³-hybridized carbons (Fsp3) is 0.167. The van der Waals surface area contributed by atoms with Gasteiger partial charge in [0.05, 0.1) is 37.8 Å².